The van der Waals surface area contributed by atoms with Crippen molar-refractivity contribution < 1.29 is 4.42 Å². The van der Waals surface area contributed by atoms with E-state index >= 15 is 0 Å². The topological polar surface area (TPSA) is 56.7 Å². The molecule has 69 heavy (non-hydrogen) atoms. The van der Waals surface area contributed by atoms with Gasteiger partial charge in [-0.25, -0.2) is 15.0 Å². The number of para-hydroxylation sites is 1. The first-order valence-electron chi connectivity index (χ1n) is 23.4. The van der Waals surface area contributed by atoms with Crippen LogP contribution in [0.25, 0.3) is 150 Å². The molecule has 0 radical (unpaired) electrons. The van der Waals surface area contributed by atoms with Crippen LogP contribution in [0.15, 0.2) is 211 Å². The molecule has 322 valence electrons. The van der Waals surface area contributed by atoms with E-state index in [1.165, 1.54) is 21.5 Å². The highest BCUT2D eigenvalue weighted by Crippen LogP contribution is 2.43. The molecule has 0 unspecified atom stereocenters. The van der Waals surface area contributed by atoms with E-state index in [1.54, 1.807) is 0 Å². The Hall–Kier alpha value is -9.19. The SMILES string of the molecule is C=C/C=c1/cc2c(c/c1=C/C)c1ccccc1n2-c1cc(-c2nc(-c3cc4ccccc4c4ccccc34)nc(-c3cc4ccccc4c4ccccc34)n2)c2oc3c4ccccc4ccc3c2c1. The van der Waals surface area contributed by atoms with Crippen molar-refractivity contribution in [3.63, 3.8) is 0 Å². The van der Waals surface area contributed by atoms with Crippen molar-refractivity contribution in [3.8, 4) is 39.9 Å². The zero-order valence-electron chi connectivity index (χ0n) is 37.6. The van der Waals surface area contributed by atoms with E-state index in [-0.39, 0.29) is 0 Å². The molecule has 0 atom stereocenters. The number of fused-ring (bicyclic) bond motifs is 14. The largest absolute Gasteiger partial charge is 0.455 e. The number of benzene rings is 11. The highest BCUT2D eigenvalue weighted by molar-refractivity contribution is 6.19. The van der Waals surface area contributed by atoms with Crippen LogP contribution in [0.4, 0.5) is 0 Å². The van der Waals surface area contributed by atoms with E-state index < -0.39 is 0 Å². The Morgan fingerprint density at radius 2 is 0.928 bits per heavy atom. The summed E-state index contributed by atoms with van der Waals surface area (Å²) in [7, 11) is 0. The van der Waals surface area contributed by atoms with Gasteiger partial charge in [-0.05, 0) is 114 Å². The second-order valence-corrected chi connectivity index (χ2v) is 17.9. The minimum atomic E-state index is 0.518. The van der Waals surface area contributed by atoms with E-state index in [4.69, 9.17) is 19.4 Å². The number of nitrogens with zero attached hydrogens (tertiary/aromatic N) is 4. The van der Waals surface area contributed by atoms with Gasteiger partial charge in [-0.2, -0.15) is 0 Å². The smallest absolute Gasteiger partial charge is 0.167 e. The molecule has 3 aromatic heterocycles. The van der Waals surface area contributed by atoms with Crippen LogP contribution >= 0.6 is 0 Å². The van der Waals surface area contributed by atoms with Crippen LogP contribution in [0, 0.1) is 0 Å². The predicted octanol–water partition coefficient (Wildman–Crippen LogP) is 15.4. The van der Waals surface area contributed by atoms with Crippen molar-refractivity contribution >= 4 is 110 Å². The second-order valence-electron chi connectivity index (χ2n) is 17.9. The fourth-order valence-electron chi connectivity index (χ4n) is 10.9. The van der Waals surface area contributed by atoms with Gasteiger partial charge in [0, 0.05) is 43.7 Å². The van der Waals surface area contributed by atoms with Crippen molar-refractivity contribution in [1.29, 1.82) is 0 Å². The van der Waals surface area contributed by atoms with E-state index in [2.05, 4.69) is 224 Å². The van der Waals surface area contributed by atoms with Crippen LogP contribution in [0.5, 0.6) is 0 Å². The summed E-state index contributed by atoms with van der Waals surface area (Å²) in [4.78, 5) is 16.7. The van der Waals surface area contributed by atoms with Crippen LogP contribution in [-0.2, 0) is 0 Å². The molecule has 0 aliphatic heterocycles. The number of furan rings is 1. The normalized spacial score (nSPS) is 12.7. The van der Waals surface area contributed by atoms with Gasteiger partial charge in [-0.1, -0.05) is 170 Å². The van der Waals surface area contributed by atoms with Gasteiger partial charge in [0.15, 0.2) is 17.5 Å². The number of hydrogen-bond donors (Lipinski definition) is 0. The van der Waals surface area contributed by atoms with Crippen LogP contribution in [0.2, 0.25) is 0 Å². The Balaban J connectivity index is 1.15. The van der Waals surface area contributed by atoms with Crippen molar-refractivity contribution in [2.24, 2.45) is 0 Å². The molecule has 0 fully saturated rings. The summed E-state index contributed by atoms with van der Waals surface area (Å²) in [6.07, 6.45) is 6.11. The second kappa shape index (κ2) is 15.2. The number of hydrogen-bond acceptors (Lipinski definition) is 4. The fourth-order valence-corrected chi connectivity index (χ4v) is 10.9. The molecular formula is C64H40N4O. The van der Waals surface area contributed by atoms with Crippen molar-refractivity contribution in [1.82, 2.24) is 19.5 Å². The molecular weight excluding hydrogens is 841 g/mol. The molecule has 0 spiro atoms. The molecule has 0 aliphatic carbocycles. The van der Waals surface area contributed by atoms with Gasteiger partial charge in [-0.15, -0.1) is 0 Å². The average Bonchev–Trinajstić information content (AvgIpc) is 3.95. The Morgan fingerprint density at radius 3 is 1.55 bits per heavy atom. The number of allylic oxidation sites excluding steroid dienone is 1. The summed E-state index contributed by atoms with van der Waals surface area (Å²) < 4.78 is 9.58. The van der Waals surface area contributed by atoms with Gasteiger partial charge >= 0.3 is 0 Å². The predicted molar refractivity (Wildman–Crippen MR) is 289 cm³/mol. The summed E-state index contributed by atoms with van der Waals surface area (Å²) in [6, 6.07) is 69.3. The molecule has 5 heteroatoms. The summed E-state index contributed by atoms with van der Waals surface area (Å²) in [5, 5.41) is 17.7. The molecule has 11 aromatic carbocycles. The summed E-state index contributed by atoms with van der Waals surface area (Å²) in [6.45, 7) is 6.16. The van der Waals surface area contributed by atoms with Gasteiger partial charge in [0.25, 0.3) is 0 Å². The highest BCUT2D eigenvalue weighted by Gasteiger charge is 2.24. The zero-order valence-corrected chi connectivity index (χ0v) is 37.6. The first kappa shape index (κ1) is 39.0. The van der Waals surface area contributed by atoms with Crippen LogP contribution in [0.1, 0.15) is 6.92 Å². The van der Waals surface area contributed by atoms with Crippen molar-refractivity contribution in [2.75, 3.05) is 0 Å². The lowest BCUT2D eigenvalue weighted by Crippen LogP contribution is -2.23. The molecule has 0 aliphatic rings. The van der Waals surface area contributed by atoms with Gasteiger partial charge in [0.1, 0.15) is 11.2 Å². The summed E-state index contributed by atoms with van der Waals surface area (Å²) >= 11 is 0. The van der Waals surface area contributed by atoms with Crippen LogP contribution < -0.4 is 10.4 Å². The summed E-state index contributed by atoms with van der Waals surface area (Å²) in [5.41, 5.74) is 7.31. The van der Waals surface area contributed by atoms with Gasteiger partial charge in [0.05, 0.1) is 16.6 Å². The number of aromatic nitrogens is 4. The molecule has 0 saturated heterocycles. The highest BCUT2D eigenvalue weighted by atomic mass is 16.3. The fraction of sp³-hybridized carbons (Fsp3) is 0.0156. The Labute approximate surface area is 395 Å². The lowest BCUT2D eigenvalue weighted by Gasteiger charge is -2.15. The zero-order chi connectivity index (χ0) is 45.7. The lowest BCUT2D eigenvalue weighted by atomic mass is 9.96. The van der Waals surface area contributed by atoms with E-state index in [1.807, 2.05) is 6.08 Å². The van der Waals surface area contributed by atoms with E-state index in [0.29, 0.717) is 23.1 Å². The lowest BCUT2D eigenvalue weighted by molar-refractivity contribution is 0.673. The molecule has 0 N–H and O–H groups in total. The quantitative estimate of drug-likeness (QED) is 0.162. The first-order chi connectivity index (χ1) is 34.1. The maximum Gasteiger partial charge on any atom is 0.167 e. The first-order valence-corrected chi connectivity index (χ1v) is 23.4. The van der Waals surface area contributed by atoms with Gasteiger partial charge in [-0.3, -0.25) is 0 Å². The molecule has 3 heterocycles. The maximum absolute atomic E-state index is 7.20. The van der Waals surface area contributed by atoms with E-state index in [0.717, 1.165) is 103 Å². The Morgan fingerprint density at radius 1 is 0.391 bits per heavy atom. The van der Waals surface area contributed by atoms with Crippen LogP contribution in [-0.4, -0.2) is 19.5 Å². The van der Waals surface area contributed by atoms with Gasteiger partial charge < -0.3 is 8.98 Å². The minimum Gasteiger partial charge on any atom is -0.455 e. The van der Waals surface area contributed by atoms with E-state index in [9.17, 15) is 0 Å². The Bertz CT molecular complexity index is 4520. The number of rotatable bonds is 5. The van der Waals surface area contributed by atoms with Crippen LogP contribution in [0.3, 0.4) is 0 Å². The molecule has 0 saturated carbocycles. The maximum atomic E-state index is 7.20. The molecule has 0 bridgehead atoms. The molecule has 0 amide bonds. The molecule has 14 rings (SSSR count). The third kappa shape index (κ3) is 5.94. The van der Waals surface area contributed by atoms with Crippen molar-refractivity contribution in [3.05, 3.63) is 217 Å². The van der Waals surface area contributed by atoms with Crippen molar-refractivity contribution in [2.45, 2.75) is 6.92 Å². The molecule has 14 aromatic rings. The monoisotopic (exact) mass is 880 g/mol. The molecule has 5 nitrogen and oxygen atoms in total. The van der Waals surface area contributed by atoms with Gasteiger partial charge in [0.2, 0.25) is 0 Å². The minimum absolute atomic E-state index is 0.518. The third-order valence-corrected chi connectivity index (χ3v) is 14.1. The Kier molecular flexibility index (Phi) is 8.58. The summed E-state index contributed by atoms with van der Waals surface area (Å²) in [5.74, 6) is 1.68. The standard InChI is InChI=1S/C64H40N4O/c1-3-17-40-35-59-53(32-38(40)4-2)51-28-15-16-29-58(51)68(59)43-36-54-52-31-30-39-18-5-10-23-46(39)60(52)69-61(54)57(37-43)64-66-62(55-33-41-19-6-8-21-44(41)47-24-11-13-26-49(47)55)65-63(67-64)56-34-42-20-7-9-22-45(42)48-25-12-14-27-50(48)56/h3-37H,1H2,2H3/b38-4-,40-17-. The average molecular weight is 881 g/mol. The third-order valence-electron chi connectivity index (χ3n) is 14.1.